The number of nitrogens with zero attached hydrogens (tertiary/aromatic N) is 1. The van der Waals surface area contributed by atoms with Crippen molar-refractivity contribution in [3.8, 4) is 0 Å². The molecule has 0 aliphatic rings. The summed E-state index contributed by atoms with van der Waals surface area (Å²) in [5, 5.41) is 0. The molecule has 0 aliphatic carbocycles. The predicted molar refractivity (Wildman–Crippen MR) is 73.8 cm³/mol. The number of ether oxygens (including phenoxy) is 2. The summed E-state index contributed by atoms with van der Waals surface area (Å²) >= 11 is 0. The average Bonchev–Trinajstić information content (AvgIpc) is 2.25. The topological polar surface area (TPSA) is 55.8 Å². The van der Waals surface area contributed by atoms with Gasteiger partial charge in [-0.05, 0) is 34.6 Å². The molecule has 0 aliphatic heterocycles. The number of amides is 1. The molecule has 112 valence electrons. The van der Waals surface area contributed by atoms with Gasteiger partial charge in [-0.25, -0.2) is 0 Å². The van der Waals surface area contributed by atoms with E-state index in [2.05, 4.69) is 0 Å². The van der Waals surface area contributed by atoms with E-state index < -0.39 is 5.60 Å². The van der Waals surface area contributed by atoms with Crippen LogP contribution in [0.4, 0.5) is 0 Å². The first-order chi connectivity index (χ1) is 8.71. The highest BCUT2D eigenvalue weighted by Crippen LogP contribution is 2.10. The lowest BCUT2D eigenvalue weighted by Crippen LogP contribution is -2.41. The molecule has 0 saturated carbocycles. The molecule has 0 radical (unpaired) electrons. The summed E-state index contributed by atoms with van der Waals surface area (Å²) in [5.41, 5.74) is -0.506. The zero-order chi connectivity index (χ0) is 15.1. The number of likely N-dealkylation sites (N-methyl/N-ethyl adjacent to an activating group) is 1. The fourth-order valence-corrected chi connectivity index (χ4v) is 1.81. The first-order valence-corrected chi connectivity index (χ1v) is 6.71. The van der Waals surface area contributed by atoms with Gasteiger partial charge in [-0.15, -0.1) is 0 Å². The smallest absolute Gasteiger partial charge is 0.306 e. The van der Waals surface area contributed by atoms with Gasteiger partial charge in [-0.2, -0.15) is 0 Å². The second-order valence-electron chi connectivity index (χ2n) is 5.57. The molecule has 0 saturated heterocycles. The summed E-state index contributed by atoms with van der Waals surface area (Å²) in [7, 11) is 1.61. The Morgan fingerprint density at radius 3 is 2.21 bits per heavy atom. The number of carbonyl (C=O) groups is 2. The molecule has 0 spiro atoms. The standard InChI is InChI=1S/C14H27NO4/c1-7-15(11(2)10-18-6)12(16)8-9-13(17)19-14(3,4)5/h11H,7-10H2,1-6H3. The maximum Gasteiger partial charge on any atom is 0.306 e. The number of hydrogen-bond donors (Lipinski definition) is 0. The molecule has 0 rings (SSSR count). The lowest BCUT2D eigenvalue weighted by atomic mass is 10.2. The van der Waals surface area contributed by atoms with Crippen LogP contribution < -0.4 is 0 Å². The second kappa shape index (κ2) is 8.15. The van der Waals surface area contributed by atoms with Gasteiger partial charge in [-0.3, -0.25) is 9.59 Å². The fraction of sp³-hybridized carbons (Fsp3) is 0.857. The normalized spacial score (nSPS) is 12.9. The third-order valence-electron chi connectivity index (χ3n) is 2.56. The molecule has 1 unspecified atom stereocenters. The van der Waals surface area contributed by atoms with Crippen molar-refractivity contribution in [2.45, 2.75) is 59.1 Å². The zero-order valence-corrected chi connectivity index (χ0v) is 13.0. The summed E-state index contributed by atoms with van der Waals surface area (Å²) in [4.78, 5) is 25.3. The van der Waals surface area contributed by atoms with Gasteiger partial charge in [0, 0.05) is 20.1 Å². The van der Waals surface area contributed by atoms with Gasteiger partial charge < -0.3 is 14.4 Å². The summed E-state index contributed by atoms with van der Waals surface area (Å²) in [6, 6.07) is 0.0149. The molecule has 0 fully saturated rings. The van der Waals surface area contributed by atoms with Crippen molar-refractivity contribution in [2.75, 3.05) is 20.3 Å². The maximum absolute atomic E-state index is 12.0. The zero-order valence-electron chi connectivity index (χ0n) is 13.0. The molecule has 1 amide bonds. The Balaban J connectivity index is 4.24. The molecule has 0 heterocycles. The molecule has 5 heteroatoms. The Labute approximate surface area is 116 Å². The van der Waals surface area contributed by atoms with Gasteiger partial charge in [-0.1, -0.05) is 0 Å². The summed E-state index contributed by atoms with van der Waals surface area (Å²) in [5.74, 6) is -0.380. The largest absolute Gasteiger partial charge is 0.460 e. The highest BCUT2D eigenvalue weighted by molar-refractivity contribution is 5.81. The van der Waals surface area contributed by atoms with Crippen LogP contribution in [0.1, 0.15) is 47.5 Å². The van der Waals surface area contributed by atoms with E-state index in [0.717, 1.165) is 0 Å². The summed E-state index contributed by atoms with van der Waals surface area (Å²) in [6.45, 7) is 10.4. The van der Waals surface area contributed by atoms with E-state index >= 15 is 0 Å². The molecule has 0 bridgehead atoms. The number of esters is 1. The number of hydrogen-bond acceptors (Lipinski definition) is 4. The van der Waals surface area contributed by atoms with Crippen LogP contribution in [0.3, 0.4) is 0 Å². The van der Waals surface area contributed by atoms with E-state index in [0.29, 0.717) is 13.2 Å². The van der Waals surface area contributed by atoms with Crippen molar-refractivity contribution in [3.63, 3.8) is 0 Å². The van der Waals surface area contributed by atoms with Gasteiger partial charge in [0.05, 0.1) is 19.1 Å². The van der Waals surface area contributed by atoms with Crippen LogP contribution >= 0.6 is 0 Å². The summed E-state index contributed by atoms with van der Waals surface area (Å²) in [6.07, 6.45) is 0.295. The van der Waals surface area contributed by atoms with E-state index in [4.69, 9.17) is 9.47 Å². The van der Waals surface area contributed by atoms with Gasteiger partial charge in [0.2, 0.25) is 5.91 Å². The Hall–Kier alpha value is -1.10. The molecule has 0 aromatic carbocycles. The van der Waals surface area contributed by atoms with Crippen LogP contribution in [0.25, 0.3) is 0 Å². The lowest BCUT2D eigenvalue weighted by molar-refractivity contribution is -0.156. The molecule has 0 aromatic heterocycles. The highest BCUT2D eigenvalue weighted by atomic mass is 16.6. The Bertz CT molecular complexity index is 296. The minimum atomic E-state index is -0.506. The van der Waals surface area contributed by atoms with Crippen molar-refractivity contribution in [2.24, 2.45) is 0 Å². The maximum atomic E-state index is 12.0. The molecular weight excluding hydrogens is 246 g/mol. The van der Waals surface area contributed by atoms with Crippen LogP contribution in [0, 0.1) is 0 Å². The van der Waals surface area contributed by atoms with Gasteiger partial charge >= 0.3 is 5.97 Å². The monoisotopic (exact) mass is 273 g/mol. The van der Waals surface area contributed by atoms with E-state index in [1.54, 1.807) is 12.0 Å². The predicted octanol–water partition coefficient (Wildman–Crippen LogP) is 1.99. The van der Waals surface area contributed by atoms with Crippen LogP contribution in [-0.2, 0) is 19.1 Å². The van der Waals surface area contributed by atoms with Crippen LogP contribution in [0.15, 0.2) is 0 Å². The average molecular weight is 273 g/mol. The molecule has 0 aromatic rings. The SMILES string of the molecule is CCN(C(=O)CCC(=O)OC(C)(C)C)C(C)COC. The highest BCUT2D eigenvalue weighted by Gasteiger charge is 2.21. The molecule has 19 heavy (non-hydrogen) atoms. The lowest BCUT2D eigenvalue weighted by Gasteiger charge is -2.27. The van der Waals surface area contributed by atoms with E-state index in [9.17, 15) is 9.59 Å². The third kappa shape index (κ3) is 7.82. The summed E-state index contributed by atoms with van der Waals surface area (Å²) < 4.78 is 10.2. The number of carbonyl (C=O) groups excluding carboxylic acids is 2. The minimum Gasteiger partial charge on any atom is -0.460 e. The van der Waals surface area contributed by atoms with Crippen molar-refractivity contribution < 1.29 is 19.1 Å². The van der Waals surface area contributed by atoms with Crippen LogP contribution in [-0.4, -0.2) is 48.7 Å². The quantitative estimate of drug-likeness (QED) is 0.666. The van der Waals surface area contributed by atoms with Gasteiger partial charge in [0.25, 0.3) is 0 Å². The van der Waals surface area contributed by atoms with Crippen molar-refractivity contribution in [1.82, 2.24) is 4.90 Å². The third-order valence-corrected chi connectivity index (χ3v) is 2.56. The fourth-order valence-electron chi connectivity index (χ4n) is 1.81. The molecular formula is C14H27NO4. The minimum absolute atomic E-state index is 0.0149. The van der Waals surface area contributed by atoms with Gasteiger partial charge in [0.1, 0.15) is 5.60 Å². The first kappa shape index (κ1) is 17.9. The van der Waals surface area contributed by atoms with E-state index in [1.165, 1.54) is 0 Å². The number of rotatable bonds is 7. The van der Waals surface area contributed by atoms with Gasteiger partial charge in [0.15, 0.2) is 0 Å². The molecule has 1 atom stereocenters. The van der Waals surface area contributed by atoms with E-state index in [-0.39, 0.29) is 30.8 Å². The Morgan fingerprint density at radius 2 is 1.79 bits per heavy atom. The number of methoxy groups -OCH3 is 1. The first-order valence-electron chi connectivity index (χ1n) is 6.71. The van der Waals surface area contributed by atoms with Crippen LogP contribution in [0.5, 0.6) is 0 Å². The van der Waals surface area contributed by atoms with Crippen LogP contribution in [0.2, 0.25) is 0 Å². The second-order valence-corrected chi connectivity index (χ2v) is 5.57. The Kier molecular flexibility index (Phi) is 7.68. The Morgan fingerprint density at radius 1 is 1.21 bits per heavy atom. The van der Waals surface area contributed by atoms with Crippen molar-refractivity contribution >= 4 is 11.9 Å². The molecule has 5 nitrogen and oxygen atoms in total. The van der Waals surface area contributed by atoms with Crippen molar-refractivity contribution in [3.05, 3.63) is 0 Å². The van der Waals surface area contributed by atoms with E-state index in [1.807, 2.05) is 34.6 Å². The molecule has 0 N–H and O–H groups in total. The van der Waals surface area contributed by atoms with Crippen molar-refractivity contribution in [1.29, 1.82) is 0 Å².